The van der Waals surface area contributed by atoms with Crippen molar-refractivity contribution >= 4 is 29.0 Å². The molecule has 8 nitrogen and oxygen atoms in total. The first kappa shape index (κ1) is 29.6. The van der Waals surface area contributed by atoms with Crippen LogP contribution in [-0.4, -0.2) is 29.0 Å². The quantitative estimate of drug-likeness (QED) is 0.216. The molecule has 0 aliphatic rings. The van der Waals surface area contributed by atoms with Crippen molar-refractivity contribution in [1.82, 2.24) is 0 Å². The predicted molar refractivity (Wildman–Crippen MR) is 12.9 cm³/mol. The molecule has 0 unspecified atom stereocenters. The van der Waals surface area contributed by atoms with Crippen LogP contribution in [0.4, 0.5) is 0 Å². The van der Waals surface area contributed by atoms with Gasteiger partial charge in [-0.3, -0.25) is 0 Å². The van der Waals surface area contributed by atoms with Gasteiger partial charge < -0.3 is 0 Å². The van der Waals surface area contributed by atoms with E-state index in [9.17, 15) is 0 Å². The summed E-state index contributed by atoms with van der Waals surface area (Å²) in [6.07, 6.45) is 0. The Bertz CT molecular complexity index is 130. The van der Waals surface area contributed by atoms with E-state index in [1.807, 2.05) is 0 Å². The van der Waals surface area contributed by atoms with Gasteiger partial charge in [-0.2, -0.15) is 0 Å². The first-order chi connectivity index (χ1) is 4.00. The summed E-state index contributed by atoms with van der Waals surface area (Å²) in [5.41, 5.74) is 0. The molecule has 0 aromatic rings. The van der Waals surface area contributed by atoms with E-state index in [2.05, 4.69) is 0 Å². The molecule has 0 saturated carbocycles. The first-order valence-corrected chi connectivity index (χ1v) is 7.59. The van der Waals surface area contributed by atoms with Crippen LogP contribution in [0, 0.1) is 0 Å². The van der Waals surface area contributed by atoms with Crippen LogP contribution in [0.25, 0.3) is 0 Å². The maximum atomic E-state index is 8.61. The van der Waals surface area contributed by atoms with Crippen molar-refractivity contribution in [2.45, 2.75) is 0 Å². The Labute approximate surface area is 123 Å². The zero-order valence-electron chi connectivity index (χ0n) is 5.11. The van der Waals surface area contributed by atoms with Crippen molar-refractivity contribution in [2.75, 3.05) is 0 Å². The largest absolute Gasteiger partial charge is 2.00 e. The van der Waals surface area contributed by atoms with Crippen molar-refractivity contribution in [3.05, 3.63) is 0 Å². The minimum absolute atomic E-state index is 0. The molecule has 0 N–H and O–H groups in total. The molecule has 0 atom stereocenters. The van der Waals surface area contributed by atoms with Gasteiger partial charge in [-0.05, 0) is 0 Å². The summed E-state index contributed by atoms with van der Waals surface area (Å²) in [6.45, 7) is 0. The second-order valence-corrected chi connectivity index (χ2v) is 4.65. The van der Waals surface area contributed by atoms with Gasteiger partial charge in [0.2, 0.25) is 0 Å². The van der Waals surface area contributed by atoms with Crippen LogP contribution in [0.5, 0.6) is 0 Å². The molecule has 88 valence electrons. The average Bonchev–Trinajstić information content (AvgIpc) is 1.12. The van der Waals surface area contributed by atoms with Crippen molar-refractivity contribution in [1.29, 1.82) is 0 Å². The Kier molecular flexibility index (Phi) is 28.7. The van der Waals surface area contributed by atoms with Crippen LogP contribution in [0.15, 0.2) is 0 Å². The molecule has 0 saturated heterocycles. The Morgan fingerprint density at radius 1 is 0.538 bits per heavy atom. The SMILES string of the molecule is O=[As]([O-])([O-])[O-].O=[As]([O-])([O-])[O-].[Pt+2].[Pt+2].[Pt+2]. The predicted octanol–water partition coefficient (Wildman–Crippen LogP) is -8.14. The molecule has 0 fully saturated rings. The van der Waals surface area contributed by atoms with E-state index in [1.54, 1.807) is 0 Å². The van der Waals surface area contributed by atoms with Crippen LogP contribution >= 0.6 is 0 Å². The minimum atomic E-state index is -5.88. The summed E-state index contributed by atoms with van der Waals surface area (Å²) < 4.78 is 68.9. The summed E-state index contributed by atoms with van der Waals surface area (Å²) in [7, 11) is 0. The zero-order chi connectivity index (χ0) is 9.00. The van der Waals surface area contributed by atoms with Gasteiger partial charge >= 0.3 is 124 Å². The van der Waals surface area contributed by atoms with E-state index in [0.717, 1.165) is 0 Å². The van der Waals surface area contributed by atoms with E-state index < -0.39 is 29.0 Å². The molecule has 0 aliphatic carbocycles. The number of hydrogen-bond acceptors (Lipinski definition) is 8. The van der Waals surface area contributed by atoms with E-state index in [0.29, 0.717) is 0 Å². The first-order valence-electron chi connectivity index (χ1n) is 1.46. The number of rotatable bonds is 0. The third-order valence-electron chi connectivity index (χ3n) is 0. The summed E-state index contributed by atoms with van der Waals surface area (Å²) in [4.78, 5) is 0. The van der Waals surface area contributed by atoms with E-state index >= 15 is 0 Å². The molecule has 13 heavy (non-hydrogen) atoms. The van der Waals surface area contributed by atoms with E-state index in [1.165, 1.54) is 0 Å². The van der Waals surface area contributed by atoms with E-state index in [-0.39, 0.29) is 63.2 Å². The molecule has 0 aromatic heterocycles. The molecule has 0 radical (unpaired) electrons. The fourth-order valence-electron chi connectivity index (χ4n) is 0. The molecule has 0 bridgehead atoms. The van der Waals surface area contributed by atoms with Gasteiger partial charge in [-0.25, -0.2) is 0 Å². The van der Waals surface area contributed by atoms with Gasteiger partial charge in [0.15, 0.2) is 0 Å². The Morgan fingerprint density at radius 2 is 0.538 bits per heavy atom. The molecule has 0 heterocycles. The normalized spacial score (nSPS) is 9.08. The van der Waals surface area contributed by atoms with Gasteiger partial charge in [-0.1, -0.05) is 0 Å². The minimum Gasteiger partial charge on any atom is 2.00 e. The second kappa shape index (κ2) is 12.6. The van der Waals surface area contributed by atoms with E-state index in [4.69, 9.17) is 32.1 Å². The molecular formula is As2O8Pt3. The van der Waals surface area contributed by atoms with Gasteiger partial charge in [-0.15, -0.1) is 0 Å². The molecule has 0 amide bonds. The van der Waals surface area contributed by atoms with Gasteiger partial charge in [0.25, 0.3) is 0 Å². The summed E-state index contributed by atoms with van der Waals surface area (Å²) in [5, 5.41) is 0. The van der Waals surface area contributed by atoms with Gasteiger partial charge in [0, 0.05) is 0 Å². The maximum absolute atomic E-state index is 8.61. The standard InChI is InChI=1S/2AsH3O4.3Pt/c2*2-1(3,4)5;;;/h2*(H3,2,3,4,5);;;/q;;3*+2/p-6. The monoisotopic (exact) mass is 863 g/mol. The maximum Gasteiger partial charge on any atom is 2.00 e. The van der Waals surface area contributed by atoms with Crippen LogP contribution < -0.4 is 24.6 Å². The Balaban J connectivity index is -0.0000000267. The Hall–Kier alpha value is 2.54. The van der Waals surface area contributed by atoms with Crippen molar-refractivity contribution < 1.29 is 95.2 Å². The smallest absolute Gasteiger partial charge is 2.00 e. The molecule has 0 spiro atoms. The number of hydrogen-bond donors (Lipinski definition) is 0. The molecule has 0 aromatic carbocycles. The summed E-state index contributed by atoms with van der Waals surface area (Å²) >= 11 is -11.8. The summed E-state index contributed by atoms with van der Waals surface area (Å²) in [6, 6.07) is 0. The molecule has 13 heteroatoms. The molecule has 0 aliphatic heterocycles. The van der Waals surface area contributed by atoms with Crippen molar-refractivity contribution in [3.63, 3.8) is 0 Å². The van der Waals surface area contributed by atoms with Gasteiger partial charge in [0.05, 0.1) is 0 Å². The molecular weight excluding hydrogens is 863 g/mol. The Morgan fingerprint density at radius 3 is 0.538 bits per heavy atom. The van der Waals surface area contributed by atoms with Crippen molar-refractivity contribution in [2.24, 2.45) is 0 Å². The van der Waals surface area contributed by atoms with Crippen LogP contribution in [-0.2, 0) is 70.7 Å². The third-order valence-corrected chi connectivity index (χ3v) is 0. The van der Waals surface area contributed by atoms with Gasteiger partial charge in [0.1, 0.15) is 0 Å². The van der Waals surface area contributed by atoms with Crippen LogP contribution in [0.2, 0.25) is 0 Å². The summed E-state index contributed by atoms with van der Waals surface area (Å²) in [5.74, 6) is 0. The molecule has 0 rings (SSSR count). The van der Waals surface area contributed by atoms with Crippen molar-refractivity contribution in [3.8, 4) is 0 Å². The second-order valence-electron chi connectivity index (χ2n) is 0.894. The fraction of sp³-hybridized carbons (Fsp3) is 0. The fourth-order valence-corrected chi connectivity index (χ4v) is 0. The average molecular weight is 863 g/mol. The zero-order valence-corrected chi connectivity index (χ0v) is 15.7. The third kappa shape index (κ3) is 354. The topological polar surface area (TPSA) is 172 Å². The van der Waals surface area contributed by atoms with Crippen LogP contribution in [0.1, 0.15) is 0 Å². The van der Waals surface area contributed by atoms with Crippen LogP contribution in [0.3, 0.4) is 0 Å².